The fraction of sp³-hybridized carbons (Fsp3) is 0.0476. The minimum absolute atomic E-state index is 0.905. The van der Waals surface area contributed by atoms with Crippen LogP contribution >= 0.6 is 0 Å². The van der Waals surface area contributed by atoms with Crippen molar-refractivity contribution < 1.29 is 4.74 Å². The van der Waals surface area contributed by atoms with Crippen molar-refractivity contribution in [3.8, 4) is 5.75 Å². The van der Waals surface area contributed by atoms with Gasteiger partial charge in [0, 0.05) is 0 Å². The summed E-state index contributed by atoms with van der Waals surface area (Å²) < 4.78 is 5.41. The van der Waals surface area contributed by atoms with Crippen LogP contribution in [0.3, 0.4) is 0 Å². The number of hydrogen-bond donors (Lipinski definition) is 0. The van der Waals surface area contributed by atoms with E-state index in [1.165, 1.54) is 43.1 Å². The second kappa shape index (κ2) is 4.11. The van der Waals surface area contributed by atoms with Crippen molar-refractivity contribution >= 4 is 43.1 Å². The Balaban J connectivity index is 2.12. The summed E-state index contributed by atoms with van der Waals surface area (Å²) in [5.74, 6) is 0.905. The van der Waals surface area contributed by atoms with E-state index in [1.807, 2.05) is 6.07 Å². The zero-order valence-electron chi connectivity index (χ0n) is 12.3. The molecule has 5 aromatic rings. The van der Waals surface area contributed by atoms with Crippen LogP contribution < -0.4 is 4.74 Å². The van der Waals surface area contributed by atoms with Gasteiger partial charge >= 0.3 is 0 Å². The summed E-state index contributed by atoms with van der Waals surface area (Å²) >= 11 is 0. The maximum atomic E-state index is 5.41. The normalized spacial score (nSPS) is 11.9. The first-order chi connectivity index (χ1) is 10.8. The molecule has 1 nitrogen and oxygen atoms in total. The molecule has 104 valence electrons. The molecule has 0 aliphatic rings. The summed E-state index contributed by atoms with van der Waals surface area (Å²) in [5.41, 5.74) is 0. The molecule has 5 aromatic carbocycles. The Morgan fingerprint density at radius 1 is 0.591 bits per heavy atom. The lowest BCUT2D eigenvalue weighted by atomic mass is 9.91. The van der Waals surface area contributed by atoms with Crippen LogP contribution in [-0.4, -0.2) is 7.11 Å². The van der Waals surface area contributed by atoms with E-state index in [0.29, 0.717) is 0 Å². The van der Waals surface area contributed by atoms with Gasteiger partial charge in [0.1, 0.15) is 5.75 Å². The summed E-state index contributed by atoms with van der Waals surface area (Å²) in [6, 6.07) is 24.0. The molecular formula is C21H14O. The van der Waals surface area contributed by atoms with Gasteiger partial charge in [-0.05, 0) is 61.3 Å². The lowest BCUT2D eigenvalue weighted by molar-refractivity contribution is 0.415. The highest BCUT2D eigenvalue weighted by Gasteiger charge is 2.11. The highest BCUT2D eigenvalue weighted by atomic mass is 16.5. The predicted octanol–water partition coefficient (Wildman–Crippen LogP) is 5.75. The molecule has 0 unspecified atom stereocenters. The number of methoxy groups -OCH3 is 1. The van der Waals surface area contributed by atoms with Crippen molar-refractivity contribution in [3.63, 3.8) is 0 Å². The Kier molecular flexibility index (Phi) is 2.21. The molecule has 0 atom stereocenters. The highest BCUT2D eigenvalue weighted by Crippen LogP contribution is 2.39. The van der Waals surface area contributed by atoms with Gasteiger partial charge in [-0.25, -0.2) is 0 Å². The van der Waals surface area contributed by atoms with E-state index in [9.17, 15) is 0 Å². The predicted molar refractivity (Wildman–Crippen MR) is 94.2 cm³/mol. The van der Waals surface area contributed by atoms with Crippen molar-refractivity contribution in [2.45, 2.75) is 0 Å². The lowest BCUT2D eigenvalue weighted by Gasteiger charge is -2.13. The summed E-state index contributed by atoms with van der Waals surface area (Å²) in [6.07, 6.45) is 0. The van der Waals surface area contributed by atoms with E-state index >= 15 is 0 Å². The van der Waals surface area contributed by atoms with Gasteiger partial charge in [0.25, 0.3) is 0 Å². The smallest absolute Gasteiger partial charge is 0.119 e. The van der Waals surface area contributed by atoms with Gasteiger partial charge in [-0.2, -0.15) is 0 Å². The van der Waals surface area contributed by atoms with Crippen LogP contribution in [-0.2, 0) is 0 Å². The van der Waals surface area contributed by atoms with Crippen LogP contribution in [0.5, 0.6) is 5.75 Å². The molecule has 0 aliphatic heterocycles. The quantitative estimate of drug-likeness (QED) is 0.281. The van der Waals surface area contributed by atoms with Crippen molar-refractivity contribution in [2.75, 3.05) is 7.11 Å². The molecule has 1 heteroatoms. The molecule has 22 heavy (non-hydrogen) atoms. The Hall–Kier alpha value is -2.80. The molecule has 5 rings (SSSR count). The molecule has 0 saturated carbocycles. The summed E-state index contributed by atoms with van der Waals surface area (Å²) in [7, 11) is 1.72. The summed E-state index contributed by atoms with van der Waals surface area (Å²) in [5, 5.41) is 10.4. The van der Waals surface area contributed by atoms with Gasteiger partial charge < -0.3 is 4.74 Å². The topological polar surface area (TPSA) is 9.23 Å². The molecule has 0 spiro atoms. The van der Waals surface area contributed by atoms with Gasteiger partial charge in [0.2, 0.25) is 0 Å². The number of rotatable bonds is 1. The number of benzene rings is 5. The molecule has 0 bridgehead atoms. The van der Waals surface area contributed by atoms with Gasteiger partial charge in [-0.3, -0.25) is 0 Å². The lowest BCUT2D eigenvalue weighted by Crippen LogP contribution is -1.87. The van der Waals surface area contributed by atoms with E-state index < -0.39 is 0 Å². The standard InChI is InChI=1S/C21H14O/c1-22-17-9-7-15-11-16-6-5-13-3-2-4-14-8-10-18(19(15)12-17)21(16)20(13)14/h2-12H,1H3. The summed E-state index contributed by atoms with van der Waals surface area (Å²) in [4.78, 5) is 0. The van der Waals surface area contributed by atoms with Crippen LogP contribution in [0.15, 0.2) is 66.7 Å². The minimum atomic E-state index is 0.905. The van der Waals surface area contributed by atoms with Crippen molar-refractivity contribution in [1.82, 2.24) is 0 Å². The van der Waals surface area contributed by atoms with Crippen LogP contribution in [0.25, 0.3) is 43.1 Å². The largest absolute Gasteiger partial charge is 0.497 e. The highest BCUT2D eigenvalue weighted by molar-refractivity contribution is 6.28. The second-order valence-electron chi connectivity index (χ2n) is 5.82. The Morgan fingerprint density at radius 2 is 1.32 bits per heavy atom. The van der Waals surface area contributed by atoms with Gasteiger partial charge in [0.15, 0.2) is 0 Å². The number of ether oxygens (including phenoxy) is 1. The molecule has 0 N–H and O–H groups in total. The van der Waals surface area contributed by atoms with Crippen LogP contribution in [0.2, 0.25) is 0 Å². The van der Waals surface area contributed by atoms with E-state index in [4.69, 9.17) is 4.74 Å². The van der Waals surface area contributed by atoms with Gasteiger partial charge in [-0.1, -0.05) is 48.5 Å². The number of hydrogen-bond acceptors (Lipinski definition) is 1. The molecular weight excluding hydrogens is 268 g/mol. The Labute approximate surface area is 128 Å². The maximum absolute atomic E-state index is 5.41. The Morgan fingerprint density at radius 3 is 2.14 bits per heavy atom. The van der Waals surface area contributed by atoms with Crippen molar-refractivity contribution in [2.24, 2.45) is 0 Å². The zero-order chi connectivity index (χ0) is 14.7. The molecule has 0 radical (unpaired) electrons. The van der Waals surface area contributed by atoms with Crippen molar-refractivity contribution in [3.05, 3.63) is 66.7 Å². The fourth-order valence-electron chi connectivity index (χ4n) is 3.64. The Bertz CT molecular complexity index is 1140. The first kappa shape index (κ1) is 11.8. The van der Waals surface area contributed by atoms with E-state index in [-0.39, 0.29) is 0 Å². The molecule has 0 aliphatic carbocycles. The van der Waals surface area contributed by atoms with Gasteiger partial charge in [0.05, 0.1) is 7.11 Å². The molecule has 0 aromatic heterocycles. The first-order valence-corrected chi connectivity index (χ1v) is 7.49. The van der Waals surface area contributed by atoms with Crippen molar-refractivity contribution in [1.29, 1.82) is 0 Å². The third-order valence-electron chi connectivity index (χ3n) is 4.67. The number of fused-ring (bicyclic) bond motifs is 2. The second-order valence-corrected chi connectivity index (χ2v) is 5.82. The van der Waals surface area contributed by atoms with Crippen LogP contribution in [0.1, 0.15) is 0 Å². The fourth-order valence-corrected chi connectivity index (χ4v) is 3.64. The minimum Gasteiger partial charge on any atom is -0.497 e. The van der Waals surface area contributed by atoms with E-state index in [0.717, 1.165) is 5.75 Å². The maximum Gasteiger partial charge on any atom is 0.119 e. The molecule has 0 fully saturated rings. The summed E-state index contributed by atoms with van der Waals surface area (Å²) in [6.45, 7) is 0. The first-order valence-electron chi connectivity index (χ1n) is 7.49. The van der Waals surface area contributed by atoms with Crippen LogP contribution in [0, 0.1) is 0 Å². The zero-order valence-corrected chi connectivity index (χ0v) is 12.3. The van der Waals surface area contributed by atoms with E-state index in [1.54, 1.807) is 7.11 Å². The third-order valence-corrected chi connectivity index (χ3v) is 4.67. The molecule has 0 amide bonds. The third kappa shape index (κ3) is 1.43. The van der Waals surface area contributed by atoms with E-state index in [2.05, 4.69) is 60.7 Å². The SMILES string of the molecule is COc1ccc2cc3ccc4cccc5ccc(c2c1)c3c45. The van der Waals surface area contributed by atoms with Crippen LogP contribution in [0.4, 0.5) is 0 Å². The van der Waals surface area contributed by atoms with Gasteiger partial charge in [-0.15, -0.1) is 0 Å². The average molecular weight is 282 g/mol. The molecule has 0 saturated heterocycles. The molecule has 0 heterocycles. The average Bonchev–Trinajstić information content (AvgIpc) is 2.58. The monoisotopic (exact) mass is 282 g/mol.